The molecule has 1 unspecified atom stereocenters. The van der Waals surface area contributed by atoms with E-state index in [4.69, 9.17) is 14.2 Å². The molecule has 6 nitrogen and oxygen atoms in total. The first-order valence-corrected chi connectivity index (χ1v) is 10.2. The van der Waals surface area contributed by atoms with Crippen LogP contribution in [0.5, 0.6) is 17.2 Å². The molecule has 0 spiro atoms. The highest BCUT2D eigenvalue weighted by atomic mass is 16.6. The van der Waals surface area contributed by atoms with Crippen molar-refractivity contribution >= 4 is 0 Å². The van der Waals surface area contributed by atoms with Crippen LogP contribution in [-0.2, 0) is 13.1 Å². The lowest BCUT2D eigenvalue weighted by atomic mass is 10.00. The molecule has 0 amide bonds. The van der Waals surface area contributed by atoms with Gasteiger partial charge in [-0.05, 0) is 41.5 Å². The Hall–Kier alpha value is -3.09. The van der Waals surface area contributed by atoms with E-state index in [9.17, 15) is 5.11 Å². The molecule has 1 atom stereocenters. The number of aliphatic hydroxyl groups is 1. The minimum absolute atomic E-state index is 0.587. The smallest absolute Gasteiger partial charge is 0.161 e. The molecule has 3 heterocycles. The van der Waals surface area contributed by atoms with Crippen molar-refractivity contribution in [2.24, 2.45) is 0 Å². The molecule has 2 aromatic carbocycles. The zero-order valence-electron chi connectivity index (χ0n) is 16.7. The second-order valence-corrected chi connectivity index (χ2v) is 7.59. The molecule has 30 heavy (non-hydrogen) atoms. The van der Waals surface area contributed by atoms with Crippen molar-refractivity contribution in [1.29, 1.82) is 0 Å². The third-order valence-electron chi connectivity index (χ3n) is 5.47. The van der Waals surface area contributed by atoms with E-state index in [0.29, 0.717) is 19.8 Å². The summed E-state index contributed by atoms with van der Waals surface area (Å²) in [5.74, 6) is 2.50. The molecule has 2 aliphatic rings. The summed E-state index contributed by atoms with van der Waals surface area (Å²) in [5, 5.41) is 10.8. The summed E-state index contributed by atoms with van der Waals surface area (Å²) >= 11 is 0. The maximum atomic E-state index is 10.8. The van der Waals surface area contributed by atoms with E-state index in [1.807, 2.05) is 36.4 Å². The molecule has 0 radical (unpaired) electrons. The second kappa shape index (κ2) is 8.34. The van der Waals surface area contributed by atoms with Gasteiger partial charge in [-0.1, -0.05) is 18.2 Å². The van der Waals surface area contributed by atoms with Crippen molar-refractivity contribution in [3.63, 3.8) is 0 Å². The fourth-order valence-electron chi connectivity index (χ4n) is 3.95. The predicted octanol–water partition coefficient (Wildman–Crippen LogP) is 3.33. The van der Waals surface area contributed by atoms with Crippen molar-refractivity contribution in [3.8, 4) is 17.2 Å². The van der Waals surface area contributed by atoms with Crippen molar-refractivity contribution < 1.29 is 19.3 Å². The number of nitrogens with zero attached hydrogens (tertiary/aromatic N) is 2. The Bertz CT molecular complexity index is 1020. The highest BCUT2D eigenvalue weighted by molar-refractivity contribution is 5.44. The van der Waals surface area contributed by atoms with E-state index in [0.717, 1.165) is 53.6 Å². The van der Waals surface area contributed by atoms with E-state index < -0.39 is 6.10 Å². The molecule has 6 heteroatoms. The molecule has 2 aliphatic heterocycles. The highest BCUT2D eigenvalue weighted by Gasteiger charge is 2.20. The van der Waals surface area contributed by atoms with Crippen molar-refractivity contribution in [1.82, 2.24) is 9.88 Å². The zero-order chi connectivity index (χ0) is 20.3. The van der Waals surface area contributed by atoms with E-state index >= 15 is 0 Å². The van der Waals surface area contributed by atoms with Crippen LogP contribution in [-0.4, -0.2) is 41.4 Å². The first-order valence-electron chi connectivity index (χ1n) is 10.2. The summed E-state index contributed by atoms with van der Waals surface area (Å²) in [6.45, 7) is 4.17. The lowest BCUT2D eigenvalue weighted by Crippen LogP contribution is -2.25. The Morgan fingerprint density at radius 2 is 1.73 bits per heavy atom. The van der Waals surface area contributed by atoms with Crippen LogP contribution in [0.1, 0.15) is 28.4 Å². The number of hydrogen-bond acceptors (Lipinski definition) is 6. The first kappa shape index (κ1) is 18.9. The number of aromatic nitrogens is 1. The molecule has 3 aromatic rings. The van der Waals surface area contributed by atoms with E-state index in [1.54, 1.807) is 12.4 Å². The standard InChI is InChI=1S/C24H24N2O4/c27-24(19-2-1-7-25-14-19)18-4-6-21-20(13-18)16-26(8-9-28-21)15-17-3-5-22-23(12-17)30-11-10-29-22/h1-7,12-14,24,27H,8-11,15-16H2. The van der Waals surface area contributed by atoms with Gasteiger partial charge in [0.05, 0.1) is 0 Å². The van der Waals surface area contributed by atoms with Gasteiger partial charge in [-0.15, -0.1) is 0 Å². The van der Waals surface area contributed by atoms with E-state index in [2.05, 4.69) is 22.0 Å². The van der Waals surface area contributed by atoms with Gasteiger partial charge in [-0.3, -0.25) is 9.88 Å². The Labute approximate surface area is 175 Å². The first-order chi connectivity index (χ1) is 14.8. The monoisotopic (exact) mass is 404 g/mol. The second-order valence-electron chi connectivity index (χ2n) is 7.59. The third-order valence-corrected chi connectivity index (χ3v) is 5.47. The zero-order valence-corrected chi connectivity index (χ0v) is 16.7. The van der Waals surface area contributed by atoms with Gasteiger partial charge in [0.15, 0.2) is 11.5 Å². The topological polar surface area (TPSA) is 64.1 Å². The lowest BCUT2D eigenvalue weighted by Gasteiger charge is -2.22. The largest absolute Gasteiger partial charge is 0.492 e. The van der Waals surface area contributed by atoms with Crippen LogP contribution >= 0.6 is 0 Å². The highest BCUT2D eigenvalue weighted by Crippen LogP contribution is 2.33. The summed E-state index contributed by atoms with van der Waals surface area (Å²) in [6.07, 6.45) is 2.69. The van der Waals surface area contributed by atoms with E-state index in [1.165, 1.54) is 5.56 Å². The van der Waals surface area contributed by atoms with Gasteiger partial charge in [0.25, 0.3) is 0 Å². The van der Waals surface area contributed by atoms with Crippen LogP contribution in [0.4, 0.5) is 0 Å². The molecule has 154 valence electrons. The molecule has 5 rings (SSSR count). The minimum atomic E-state index is -0.710. The van der Waals surface area contributed by atoms with Crippen LogP contribution in [0.2, 0.25) is 0 Å². The fraction of sp³-hybridized carbons (Fsp3) is 0.292. The number of benzene rings is 2. The quantitative estimate of drug-likeness (QED) is 0.720. The maximum absolute atomic E-state index is 10.8. The van der Waals surface area contributed by atoms with Crippen LogP contribution in [0, 0.1) is 0 Å². The summed E-state index contributed by atoms with van der Waals surface area (Å²) in [7, 11) is 0. The normalized spacial score (nSPS) is 16.8. The number of fused-ring (bicyclic) bond motifs is 2. The Morgan fingerprint density at radius 1 is 0.900 bits per heavy atom. The summed E-state index contributed by atoms with van der Waals surface area (Å²) < 4.78 is 17.3. The lowest BCUT2D eigenvalue weighted by molar-refractivity contribution is 0.170. The van der Waals surface area contributed by atoms with Gasteiger partial charge in [-0.25, -0.2) is 0 Å². The number of aliphatic hydroxyl groups excluding tert-OH is 1. The van der Waals surface area contributed by atoms with Crippen LogP contribution in [0.25, 0.3) is 0 Å². The third kappa shape index (κ3) is 3.97. The number of rotatable bonds is 4. The van der Waals surface area contributed by atoms with Crippen LogP contribution in [0.3, 0.4) is 0 Å². The molecule has 1 aromatic heterocycles. The summed E-state index contributed by atoms with van der Waals surface area (Å²) in [6, 6.07) is 15.8. The Morgan fingerprint density at radius 3 is 2.60 bits per heavy atom. The number of hydrogen-bond donors (Lipinski definition) is 1. The van der Waals surface area contributed by atoms with Gasteiger partial charge in [0.2, 0.25) is 0 Å². The maximum Gasteiger partial charge on any atom is 0.161 e. The molecule has 0 saturated heterocycles. The minimum Gasteiger partial charge on any atom is -0.492 e. The SMILES string of the molecule is OC(c1cccnc1)c1ccc2c(c1)CN(Cc1ccc3c(c1)OCCO3)CCO2. The molecule has 0 aliphatic carbocycles. The molecule has 0 bridgehead atoms. The number of pyridine rings is 1. The fourth-order valence-corrected chi connectivity index (χ4v) is 3.95. The molecule has 0 saturated carbocycles. The van der Waals surface area contributed by atoms with E-state index in [-0.39, 0.29) is 0 Å². The van der Waals surface area contributed by atoms with Gasteiger partial charge < -0.3 is 19.3 Å². The van der Waals surface area contributed by atoms with Gasteiger partial charge in [-0.2, -0.15) is 0 Å². The van der Waals surface area contributed by atoms with Crippen molar-refractivity contribution in [3.05, 3.63) is 83.2 Å². The van der Waals surface area contributed by atoms with Gasteiger partial charge in [0, 0.05) is 43.2 Å². The molecule has 0 fully saturated rings. The van der Waals surface area contributed by atoms with Gasteiger partial charge in [0.1, 0.15) is 31.7 Å². The number of ether oxygens (including phenoxy) is 3. The summed E-state index contributed by atoms with van der Waals surface area (Å²) in [5.41, 5.74) is 3.87. The predicted molar refractivity (Wildman–Crippen MR) is 112 cm³/mol. The van der Waals surface area contributed by atoms with Crippen LogP contribution in [0.15, 0.2) is 60.9 Å². The molecule has 1 N–H and O–H groups in total. The molecular weight excluding hydrogens is 380 g/mol. The van der Waals surface area contributed by atoms with Crippen LogP contribution < -0.4 is 14.2 Å². The van der Waals surface area contributed by atoms with Crippen molar-refractivity contribution in [2.45, 2.75) is 19.2 Å². The average Bonchev–Trinajstić information content (AvgIpc) is 3.00. The summed E-state index contributed by atoms with van der Waals surface area (Å²) in [4.78, 5) is 6.46. The Balaban J connectivity index is 1.35. The average molecular weight is 404 g/mol. The van der Waals surface area contributed by atoms with Gasteiger partial charge >= 0.3 is 0 Å². The Kier molecular flexibility index (Phi) is 5.26. The molecular formula is C24H24N2O4. The van der Waals surface area contributed by atoms with Crippen molar-refractivity contribution in [2.75, 3.05) is 26.4 Å².